The standard InChI is InChI=1S/C48H29N3/c1-3-13-33(14-4-1)45-46(34-15-5-2-6-16-34)50-47-41(49-45)27-22-32-19-20-35-29-36(24-26-38(35)43(32)47)51-42-28-23-30-11-7-9-17-37(30)44(42)40-25-21-31-12-8-10-18-39(31)48(40)51/h1-29H. The Labute approximate surface area is 293 Å². The van der Waals surface area contributed by atoms with Crippen molar-refractivity contribution in [2.75, 3.05) is 0 Å². The van der Waals surface area contributed by atoms with Crippen molar-refractivity contribution in [1.82, 2.24) is 14.5 Å². The fourth-order valence-electron chi connectivity index (χ4n) is 8.20. The highest BCUT2D eigenvalue weighted by Crippen LogP contribution is 2.41. The van der Waals surface area contributed by atoms with Crippen LogP contribution in [0.15, 0.2) is 176 Å². The largest absolute Gasteiger partial charge is 0.309 e. The molecule has 0 amide bonds. The van der Waals surface area contributed by atoms with Crippen LogP contribution in [0.2, 0.25) is 0 Å². The predicted molar refractivity (Wildman–Crippen MR) is 215 cm³/mol. The minimum atomic E-state index is 0.887. The van der Waals surface area contributed by atoms with E-state index < -0.39 is 0 Å². The molecule has 0 saturated carbocycles. The molecule has 2 aromatic heterocycles. The Hall–Kier alpha value is -6.84. The van der Waals surface area contributed by atoms with Gasteiger partial charge in [0, 0.05) is 38.4 Å². The maximum Gasteiger partial charge on any atom is 0.0979 e. The number of hydrogen-bond acceptors (Lipinski definition) is 2. The summed E-state index contributed by atoms with van der Waals surface area (Å²) in [6, 6.07) is 63.0. The fourth-order valence-corrected chi connectivity index (χ4v) is 8.20. The summed E-state index contributed by atoms with van der Waals surface area (Å²) in [6.45, 7) is 0. The zero-order valence-electron chi connectivity index (χ0n) is 27.6. The molecule has 11 aromatic rings. The van der Waals surface area contributed by atoms with E-state index in [4.69, 9.17) is 9.97 Å². The minimum absolute atomic E-state index is 0.887. The lowest BCUT2D eigenvalue weighted by molar-refractivity contribution is 1.19. The average Bonchev–Trinajstić information content (AvgIpc) is 3.56. The highest BCUT2D eigenvalue weighted by molar-refractivity contribution is 6.26. The summed E-state index contributed by atoms with van der Waals surface area (Å²) in [5.41, 5.74) is 9.26. The van der Waals surface area contributed by atoms with Crippen LogP contribution in [0.4, 0.5) is 0 Å². The molecule has 3 heteroatoms. The van der Waals surface area contributed by atoms with Gasteiger partial charge in [0.05, 0.1) is 33.5 Å². The van der Waals surface area contributed by atoms with Crippen LogP contribution in [-0.2, 0) is 0 Å². The highest BCUT2D eigenvalue weighted by Gasteiger charge is 2.19. The summed E-state index contributed by atoms with van der Waals surface area (Å²) >= 11 is 0. The number of aromatic nitrogens is 3. The third kappa shape index (κ3) is 4.19. The summed E-state index contributed by atoms with van der Waals surface area (Å²) in [4.78, 5) is 10.7. The monoisotopic (exact) mass is 647 g/mol. The third-order valence-corrected chi connectivity index (χ3v) is 10.5. The van der Waals surface area contributed by atoms with Gasteiger partial charge in [0.1, 0.15) is 0 Å². The molecular weight excluding hydrogens is 619 g/mol. The molecule has 0 aliphatic carbocycles. The second-order valence-electron chi connectivity index (χ2n) is 13.4. The van der Waals surface area contributed by atoms with Crippen molar-refractivity contribution in [1.29, 1.82) is 0 Å². The van der Waals surface area contributed by atoms with Gasteiger partial charge in [-0.3, -0.25) is 0 Å². The molecular formula is C48H29N3. The molecule has 0 fully saturated rings. The van der Waals surface area contributed by atoms with Gasteiger partial charge in [-0.05, 0) is 56.6 Å². The van der Waals surface area contributed by atoms with Crippen molar-refractivity contribution >= 4 is 75.9 Å². The second kappa shape index (κ2) is 10.8. The molecule has 0 N–H and O–H groups in total. The molecule has 0 bridgehead atoms. The molecule has 51 heavy (non-hydrogen) atoms. The molecule has 0 aliphatic rings. The van der Waals surface area contributed by atoms with E-state index in [1.165, 1.54) is 54.1 Å². The fraction of sp³-hybridized carbons (Fsp3) is 0. The van der Waals surface area contributed by atoms with E-state index in [1.807, 2.05) is 12.1 Å². The SMILES string of the molecule is c1ccc(-c2nc3ccc4ccc5cc(-n6c7ccc8ccccc8c7c7ccc8ccccc8c76)ccc5c4c3nc2-c2ccccc2)cc1. The molecule has 0 saturated heterocycles. The lowest BCUT2D eigenvalue weighted by atomic mass is 9.98. The van der Waals surface area contributed by atoms with Crippen LogP contribution in [0.1, 0.15) is 0 Å². The first-order chi connectivity index (χ1) is 25.3. The summed E-state index contributed by atoms with van der Waals surface area (Å²) in [5.74, 6) is 0. The highest BCUT2D eigenvalue weighted by atomic mass is 15.0. The van der Waals surface area contributed by atoms with Gasteiger partial charge in [-0.25, -0.2) is 9.97 Å². The van der Waals surface area contributed by atoms with Crippen LogP contribution >= 0.6 is 0 Å². The number of rotatable bonds is 3. The number of benzene rings is 9. The normalized spacial score (nSPS) is 11.9. The van der Waals surface area contributed by atoms with Crippen molar-refractivity contribution in [3.63, 3.8) is 0 Å². The van der Waals surface area contributed by atoms with Crippen LogP contribution in [0, 0.1) is 0 Å². The zero-order valence-corrected chi connectivity index (χ0v) is 27.6. The van der Waals surface area contributed by atoms with Gasteiger partial charge < -0.3 is 4.57 Å². The lowest BCUT2D eigenvalue weighted by Gasteiger charge is -2.14. The topological polar surface area (TPSA) is 30.7 Å². The molecule has 9 aromatic carbocycles. The number of nitrogens with zero attached hydrogens (tertiary/aromatic N) is 3. The van der Waals surface area contributed by atoms with E-state index in [1.54, 1.807) is 0 Å². The molecule has 2 heterocycles. The quantitative estimate of drug-likeness (QED) is 0.179. The van der Waals surface area contributed by atoms with Crippen molar-refractivity contribution in [3.8, 4) is 28.2 Å². The number of hydrogen-bond donors (Lipinski definition) is 0. The second-order valence-corrected chi connectivity index (χ2v) is 13.4. The van der Waals surface area contributed by atoms with Gasteiger partial charge in [-0.15, -0.1) is 0 Å². The van der Waals surface area contributed by atoms with E-state index in [9.17, 15) is 0 Å². The van der Waals surface area contributed by atoms with Crippen LogP contribution in [0.3, 0.4) is 0 Å². The third-order valence-electron chi connectivity index (χ3n) is 10.5. The first-order valence-electron chi connectivity index (χ1n) is 17.4. The van der Waals surface area contributed by atoms with Gasteiger partial charge in [-0.1, -0.05) is 152 Å². The summed E-state index contributed by atoms with van der Waals surface area (Å²) in [7, 11) is 0. The van der Waals surface area contributed by atoms with Crippen molar-refractivity contribution in [2.24, 2.45) is 0 Å². The Balaban J connectivity index is 1.21. The van der Waals surface area contributed by atoms with Gasteiger partial charge in [0.2, 0.25) is 0 Å². The minimum Gasteiger partial charge on any atom is -0.309 e. The van der Waals surface area contributed by atoms with Crippen LogP contribution in [0.5, 0.6) is 0 Å². The Morgan fingerprint density at radius 3 is 1.73 bits per heavy atom. The summed E-state index contributed by atoms with van der Waals surface area (Å²) < 4.78 is 2.46. The average molecular weight is 648 g/mol. The Kier molecular flexibility index (Phi) is 5.96. The van der Waals surface area contributed by atoms with E-state index >= 15 is 0 Å². The van der Waals surface area contributed by atoms with Gasteiger partial charge >= 0.3 is 0 Å². The van der Waals surface area contributed by atoms with E-state index in [2.05, 4.69) is 168 Å². The molecule has 11 rings (SSSR count). The van der Waals surface area contributed by atoms with Crippen LogP contribution in [-0.4, -0.2) is 14.5 Å². The predicted octanol–water partition coefficient (Wildman–Crippen LogP) is 12.7. The number of fused-ring (bicyclic) bond motifs is 12. The maximum absolute atomic E-state index is 5.45. The van der Waals surface area contributed by atoms with Gasteiger partial charge in [0.25, 0.3) is 0 Å². The smallest absolute Gasteiger partial charge is 0.0979 e. The Morgan fingerprint density at radius 2 is 0.941 bits per heavy atom. The van der Waals surface area contributed by atoms with E-state index in [0.717, 1.165) is 50.0 Å². The van der Waals surface area contributed by atoms with E-state index in [0.29, 0.717) is 0 Å². The maximum atomic E-state index is 5.45. The summed E-state index contributed by atoms with van der Waals surface area (Å²) in [6.07, 6.45) is 0. The van der Waals surface area contributed by atoms with Gasteiger partial charge in [-0.2, -0.15) is 0 Å². The first kappa shape index (κ1) is 28.0. The van der Waals surface area contributed by atoms with Crippen molar-refractivity contribution in [2.45, 2.75) is 0 Å². The molecule has 3 nitrogen and oxygen atoms in total. The lowest BCUT2D eigenvalue weighted by Crippen LogP contribution is -1.97. The van der Waals surface area contributed by atoms with Gasteiger partial charge in [0.15, 0.2) is 0 Å². The molecule has 0 spiro atoms. The van der Waals surface area contributed by atoms with Crippen LogP contribution < -0.4 is 0 Å². The molecule has 0 aliphatic heterocycles. The Morgan fingerprint density at radius 1 is 0.373 bits per heavy atom. The molecule has 236 valence electrons. The molecule has 0 radical (unpaired) electrons. The van der Waals surface area contributed by atoms with E-state index in [-0.39, 0.29) is 0 Å². The zero-order chi connectivity index (χ0) is 33.5. The molecule has 0 atom stereocenters. The first-order valence-corrected chi connectivity index (χ1v) is 17.4. The van der Waals surface area contributed by atoms with Crippen molar-refractivity contribution < 1.29 is 0 Å². The molecule has 0 unspecified atom stereocenters. The van der Waals surface area contributed by atoms with Crippen molar-refractivity contribution in [3.05, 3.63) is 176 Å². The van der Waals surface area contributed by atoms with Crippen LogP contribution in [0.25, 0.3) is 104 Å². The summed E-state index contributed by atoms with van der Waals surface area (Å²) in [5, 5.41) is 12.2. The Bertz CT molecular complexity index is 3180.